The number of β-amino-alcohol motifs (C(OH)–C–C–N with tert-alkyl or cyclic N) is 1. The van der Waals surface area contributed by atoms with Crippen LogP contribution in [0.5, 0.6) is 0 Å². The Bertz CT molecular complexity index is 724. The number of carbonyl (C=O) groups excluding carboxylic acids is 1. The maximum atomic E-state index is 12.6. The Morgan fingerprint density at radius 2 is 2.00 bits per heavy atom. The number of amides is 1. The van der Waals surface area contributed by atoms with Crippen molar-refractivity contribution < 1.29 is 14.6 Å². The lowest BCUT2D eigenvalue weighted by Crippen LogP contribution is -2.53. The molecule has 1 unspecified atom stereocenters. The lowest BCUT2D eigenvalue weighted by Gasteiger charge is -2.34. The van der Waals surface area contributed by atoms with Gasteiger partial charge in [-0.1, -0.05) is 0 Å². The minimum atomic E-state index is -1.13. The molecule has 25 heavy (non-hydrogen) atoms. The first kappa shape index (κ1) is 17.8. The molecule has 1 aromatic rings. The van der Waals surface area contributed by atoms with E-state index in [0.29, 0.717) is 19.7 Å². The van der Waals surface area contributed by atoms with Crippen molar-refractivity contribution in [3.8, 4) is 0 Å². The lowest BCUT2D eigenvalue weighted by molar-refractivity contribution is -0.133. The fraction of sp³-hybridized carbons (Fsp3) is 0.688. The van der Waals surface area contributed by atoms with Gasteiger partial charge in [0.25, 0.3) is 11.1 Å². The van der Waals surface area contributed by atoms with E-state index in [-0.39, 0.29) is 31.0 Å². The highest BCUT2D eigenvalue weighted by Crippen LogP contribution is 2.18. The summed E-state index contributed by atoms with van der Waals surface area (Å²) in [6.45, 7) is 3.36. The summed E-state index contributed by atoms with van der Waals surface area (Å²) in [5.74, 6) is -0.304. The molecule has 3 heterocycles. The maximum absolute atomic E-state index is 12.6. The normalized spacial score (nSPS) is 25.1. The lowest BCUT2D eigenvalue weighted by atomic mass is 10.0. The Morgan fingerprint density at radius 3 is 2.76 bits per heavy atom. The van der Waals surface area contributed by atoms with Gasteiger partial charge in [-0.3, -0.25) is 24.6 Å². The van der Waals surface area contributed by atoms with Gasteiger partial charge < -0.3 is 19.6 Å². The van der Waals surface area contributed by atoms with E-state index in [1.54, 1.807) is 0 Å². The van der Waals surface area contributed by atoms with Crippen LogP contribution in [0.15, 0.2) is 15.7 Å². The quantitative estimate of drug-likeness (QED) is 0.594. The zero-order chi connectivity index (χ0) is 17.9. The molecule has 0 saturated carbocycles. The highest BCUT2D eigenvalue weighted by Gasteiger charge is 2.36. The summed E-state index contributed by atoms with van der Waals surface area (Å²) in [4.78, 5) is 39.4. The third-order valence-electron chi connectivity index (χ3n) is 4.67. The number of carbonyl (C=O) groups is 1. The van der Waals surface area contributed by atoms with Gasteiger partial charge in [0.05, 0.1) is 26.2 Å². The van der Waals surface area contributed by atoms with Gasteiger partial charge in [0.1, 0.15) is 5.60 Å². The molecule has 1 aromatic heterocycles. The number of nitrogens with one attached hydrogen (secondary N) is 2. The third-order valence-corrected chi connectivity index (χ3v) is 4.67. The fourth-order valence-corrected chi connectivity index (χ4v) is 3.45. The second-order valence-electron chi connectivity index (χ2n) is 6.87. The summed E-state index contributed by atoms with van der Waals surface area (Å²) < 4.78 is 5.50. The zero-order valence-electron chi connectivity index (χ0n) is 14.1. The smallest absolute Gasteiger partial charge is 0.266 e. The molecule has 9 nitrogen and oxygen atoms in total. The molecule has 138 valence electrons. The topological polar surface area (TPSA) is 119 Å². The number of ether oxygens (including phenoxy) is 1. The molecule has 1 atom stereocenters. The van der Waals surface area contributed by atoms with Crippen molar-refractivity contribution in [2.75, 3.05) is 45.9 Å². The first-order chi connectivity index (χ1) is 12.0. The molecule has 2 aliphatic heterocycles. The van der Waals surface area contributed by atoms with Crippen LogP contribution >= 0.6 is 0 Å². The molecular weight excluding hydrogens is 328 g/mol. The first-order valence-corrected chi connectivity index (χ1v) is 8.56. The average Bonchev–Trinajstić information content (AvgIpc) is 2.98. The molecule has 1 amide bonds. The van der Waals surface area contributed by atoms with Crippen molar-refractivity contribution in [3.63, 3.8) is 0 Å². The molecule has 9 heteroatoms. The van der Waals surface area contributed by atoms with Crippen LogP contribution in [0.25, 0.3) is 0 Å². The van der Waals surface area contributed by atoms with Crippen LogP contribution in [-0.2, 0) is 16.0 Å². The Labute approximate surface area is 144 Å². The Hall–Kier alpha value is -1.97. The number of H-pyrrole nitrogens is 2. The summed E-state index contributed by atoms with van der Waals surface area (Å²) in [5.41, 5.74) is -1.97. The van der Waals surface area contributed by atoms with Gasteiger partial charge in [-0.15, -0.1) is 0 Å². The molecule has 3 rings (SSSR count). The van der Waals surface area contributed by atoms with Crippen LogP contribution in [0.2, 0.25) is 0 Å². The van der Waals surface area contributed by atoms with Gasteiger partial charge in [-0.2, -0.15) is 0 Å². The summed E-state index contributed by atoms with van der Waals surface area (Å²) >= 11 is 0. The predicted molar refractivity (Wildman–Crippen MR) is 89.4 cm³/mol. The second kappa shape index (κ2) is 7.51. The highest BCUT2D eigenvalue weighted by molar-refractivity contribution is 5.78. The predicted octanol–water partition coefficient (Wildman–Crippen LogP) is -1.71. The number of hydrogen-bond acceptors (Lipinski definition) is 6. The zero-order valence-corrected chi connectivity index (χ0v) is 14.1. The highest BCUT2D eigenvalue weighted by atomic mass is 16.5. The van der Waals surface area contributed by atoms with Crippen LogP contribution < -0.4 is 11.1 Å². The van der Waals surface area contributed by atoms with E-state index in [9.17, 15) is 19.5 Å². The number of likely N-dealkylation sites (tertiary alicyclic amines) is 1. The molecule has 2 aliphatic rings. The fourth-order valence-electron chi connectivity index (χ4n) is 3.45. The first-order valence-electron chi connectivity index (χ1n) is 8.56. The van der Waals surface area contributed by atoms with E-state index in [1.807, 2.05) is 0 Å². The largest absolute Gasteiger partial charge is 0.384 e. The van der Waals surface area contributed by atoms with Crippen molar-refractivity contribution in [1.29, 1.82) is 0 Å². The number of nitrogens with zero attached hydrogens (tertiary/aromatic N) is 2. The van der Waals surface area contributed by atoms with Crippen LogP contribution in [0, 0.1) is 0 Å². The van der Waals surface area contributed by atoms with Gasteiger partial charge in [0.2, 0.25) is 5.91 Å². The number of rotatable bonds is 4. The molecule has 0 spiro atoms. The number of aromatic amines is 2. The minimum absolute atomic E-state index is 0.113. The Balaban J connectivity index is 1.69. The average molecular weight is 352 g/mol. The van der Waals surface area contributed by atoms with E-state index < -0.39 is 16.7 Å². The van der Waals surface area contributed by atoms with Crippen LogP contribution in [0.4, 0.5) is 0 Å². The molecule has 0 aromatic carbocycles. The molecule has 2 fully saturated rings. The van der Waals surface area contributed by atoms with Crippen molar-refractivity contribution >= 4 is 5.91 Å². The minimum Gasteiger partial charge on any atom is -0.384 e. The van der Waals surface area contributed by atoms with Crippen molar-refractivity contribution in [2.24, 2.45) is 0 Å². The van der Waals surface area contributed by atoms with Crippen molar-refractivity contribution in [1.82, 2.24) is 20.0 Å². The van der Waals surface area contributed by atoms with E-state index in [0.717, 1.165) is 32.0 Å². The van der Waals surface area contributed by atoms with Gasteiger partial charge in [-0.25, -0.2) is 0 Å². The van der Waals surface area contributed by atoms with Crippen LogP contribution in [0.3, 0.4) is 0 Å². The maximum Gasteiger partial charge on any atom is 0.266 e. The molecule has 2 saturated heterocycles. The van der Waals surface area contributed by atoms with Gasteiger partial charge in [0.15, 0.2) is 0 Å². The van der Waals surface area contributed by atoms with Crippen molar-refractivity contribution in [2.45, 2.75) is 24.9 Å². The second-order valence-corrected chi connectivity index (χ2v) is 6.87. The van der Waals surface area contributed by atoms with Gasteiger partial charge in [0, 0.05) is 24.7 Å². The standard InChI is InChI=1S/C16H24N4O5/c21-13-7-12(15(23)18-17-13)8-14(22)20-5-6-25-11-16(24,10-20)9-19-3-1-2-4-19/h7,24H,1-6,8-11H2,(H,17,21)(H,18,23). The van der Waals surface area contributed by atoms with E-state index in [4.69, 9.17) is 4.74 Å². The molecular formula is C16H24N4O5. The van der Waals surface area contributed by atoms with E-state index >= 15 is 0 Å². The summed E-state index contributed by atoms with van der Waals surface area (Å²) in [7, 11) is 0. The van der Waals surface area contributed by atoms with E-state index in [2.05, 4.69) is 15.1 Å². The van der Waals surface area contributed by atoms with Crippen LogP contribution in [0.1, 0.15) is 18.4 Å². The van der Waals surface area contributed by atoms with Gasteiger partial charge in [-0.05, 0) is 25.9 Å². The van der Waals surface area contributed by atoms with Gasteiger partial charge >= 0.3 is 0 Å². The summed E-state index contributed by atoms with van der Waals surface area (Å²) in [5, 5.41) is 15.3. The summed E-state index contributed by atoms with van der Waals surface area (Å²) in [6, 6.07) is 1.13. The SMILES string of the molecule is O=C(Cc1cc(=O)[nH][nH]c1=O)N1CCOCC(O)(CN2CCCC2)C1. The number of hydrogen-bond donors (Lipinski definition) is 3. The Kier molecular flexibility index (Phi) is 5.36. The number of aromatic nitrogens is 2. The van der Waals surface area contributed by atoms with E-state index in [1.165, 1.54) is 4.90 Å². The van der Waals surface area contributed by atoms with Crippen LogP contribution in [-0.4, -0.2) is 82.5 Å². The third kappa shape index (κ3) is 4.56. The molecule has 0 bridgehead atoms. The monoisotopic (exact) mass is 352 g/mol. The molecule has 0 aliphatic carbocycles. The molecule has 3 N–H and O–H groups in total. The Morgan fingerprint density at radius 1 is 1.24 bits per heavy atom. The summed E-state index contributed by atoms with van der Waals surface area (Å²) in [6.07, 6.45) is 2.05. The number of aliphatic hydroxyl groups is 1. The van der Waals surface area contributed by atoms with Crippen molar-refractivity contribution in [3.05, 3.63) is 32.3 Å². The molecule has 0 radical (unpaired) electrons.